The van der Waals surface area contributed by atoms with Gasteiger partial charge in [-0.15, -0.1) is 5.10 Å². The Labute approximate surface area is 108 Å². The SMILES string of the molecule is CCc1nc(Cn2cc(C(Br)CC)nn2)no1. The van der Waals surface area contributed by atoms with Crippen molar-refractivity contribution in [3.8, 4) is 0 Å². The first kappa shape index (κ1) is 12.2. The largest absolute Gasteiger partial charge is 0.339 e. The lowest BCUT2D eigenvalue weighted by Gasteiger charge is -1.98. The molecule has 0 saturated heterocycles. The molecule has 1 unspecified atom stereocenters. The zero-order chi connectivity index (χ0) is 12.3. The molecule has 0 bridgehead atoms. The molecule has 92 valence electrons. The highest BCUT2D eigenvalue weighted by Gasteiger charge is 2.11. The van der Waals surface area contributed by atoms with E-state index in [1.165, 1.54) is 0 Å². The molecule has 0 aromatic carbocycles. The molecule has 0 aliphatic carbocycles. The fourth-order valence-electron chi connectivity index (χ4n) is 1.39. The van der Waals surface area contributed by atoms with Gasteiger partial charge >= 0.3 is 0 Å². The van der Waals surface area contributed by atoms with E-state index >= 15 is 0 Å². The second-order valence-corrected chi connectivity index (χ2v) is 4.78. The van der Waals surface area contributed by atoms with Crippen LogP contribution in [0, 0.1) is 0 Å². The Morgan fingerprint density at radius 2 is 2.29 bits per heavy atom. The number of aryl methyl sites for hydroxylation is 1. The van der Waals surface area contributed by atoms with Gasteiger partial charge in [-0.1, -0.05) is 40.1 Å². The van der Waals surface area contributed by atoms with Crippen molar-refractivity contribution in [2.24, 2.45) is 0 Å². The van der Waals surface area contributed by atoms with E-state index in [1.54, 1.807) is 4.68 Å². The number of nitrogens with zero attached hydrogens (tertiary/aromatic N) is 5. The monoisotopic (exact) mass is 299 g/mol. The number of halogens is 1. The molecule has 0 radical (unpaired) electrons. The molecule has 6 nitrogen and oxygen atoms in total. The third kappa shape index (κ3) is 2.91. The van der Waals surface area contributed by atoms with Crippen molar-refractivity contribution in [2.75, 3.05) is 0 Å². The summed E-state index contributed by atoms with van der Waals surface area (Å²) in [4.78, 5) is 4.46. The summed E-state index contributed by atoms with van der Waals surface area (Å²) in [5.41, 5.74) is 0.923. The average molecular weight is 300 g/mol. The second kappa shape index (κ2) is 5.39. The molecule has 0 aliphatic heterocycles. The first-order valence-corrected chi connectivity index (χ1v) is 6.50. The molecule has 2 rings (SSSR count). The van der Waals surface area contributed by atoms with E-state index in [1.807, 2.05) is 13.1 Å². The minimum atomic E-state index is 0.243. The van der Waals surface area contributed by atoms with E-state index in [2.05, 4.69) is 43.3 Å². The van der Waals surface area contributed by atoms with Gasteiger partial charge in [0, 0.05) is 6.42 Å². The Morgan fingerprint density at radius 3 is 2.94 bits per heavy atom. The minimum Gasteiger partial charge on any atom is -0.339 e. The zero-order valence-electron chi connectivity index (χ0n) is 9.80. The summed E-state index contributed by atoms with van der Waals surface area (Å²) in [5, 5.41) is 12.0. The number of alkyl halides is 1. The van der Waals surface area contributed by atoms with Gasteiger partial charge in [-0.25, -0.2) is 4.68 Å². The van der Waals surface area contributed by atoms with Crippen LogP contribution in [-0.2, 0) is 13.0 Å². The summed E-state index contributed by atoms with van der Waals surface area (Å²) in [6.45, 7) is 4.55. The van der Waals surface area contributed by atoms with Gasteiger partial charge in [0.05, 0.1) is 16.7 Å². The molecule has 0 amide bonds. The normalized spacial score (nSPS) is 12.9. The topological polar surface area (TPSA) is 69.6 Å². The summed E-state index contributed by atoms with van der Waals surface area (Å²) >= 11 is 3.53. The van der Waals surface area contributed by atoms with Gasteiger partial charge < -0.3 is 4.52 Å². The maximum Gasteiger partial charge on any atom is 0.226 e. The lowest BCUT2D eigenvalue weighted by molar-refractivity contribution is 0.374. The molecular formula is C10H14BrN5O. The van der Waals surface area contributed by atoms with E-state index in [9.17, 15) is 0 Å². The van der Waals surface area contributed by atoms with Gasteiger partial charge in [-0.05, 0) is 6.42 Å². The molecule has 7 heteroatoms. The highest BCUT2D eigenvalue weighted by atomic mass is 79.9. The molecule has 2 aromatic rings. The van der Waals surface area contributed by atoms with E-state index < -0.39 is 0 Å². The summed E-state index contributed by atoms with van der Waals surface area (Å²) in [7, 11) is 0. The average Bonchev–Trinajstić information content (AvgIpc) is 2.97. The Balaban J connectivity index is 2.06. The summed E-state index contributed by atoms with van der Waals surface area (Å²) in [5.74, 6) is 1.27. The van der Waals surface area contributed by atoms with Gasteiger partial charge in [0.25, 0.3) is 0 Å². The molecule has 0 spiro atoms. The Bertz CT molecular complexity index is 481. The van der Waals surface area contributed by atoms with Crippen molar-refractivity contribution in [3.05, 3.63) is 23.6 Å². The number of hydrogen-bond acceptors (Lipinski definition) is 5. The molecule has 2 heterocycles. The zero-order valence-corrected chi connectivity index (χ0v) is 11.4. The number of aromatic nitrogens is 5. The predicted octanol–water partition coefficient (Wildman–Crippen LogP) is 2.12. The van der Waals surface area contributed by atoms with Crippen molar-refractivity contribution in [2.45, 2.75) is 38.1 Å². The highest BCUT2D eigenvalue weighted by Crippen LogP contribution is 2.23. The quantitative estimate of drug-likeness (QED) is 0.791. The van der Waals surface area contributed by atoms with Crippen LogP contribution in [0.2, 0.25) is 0 Å². The molecule has 0 aliphatic rings. The van der Waals surface area contributed by atoms with Crippen LogP contribution in [0.5, 0.6) is 0 Å². The summed E-state index contributed by atoms with van der Waals surface area (Å²) < 4.78 is 6.74. The smallest absolute Gasteiger partial charge is 0.226 e. The van der Waals surface area contributed by atoms with Crippen molar-refractivity contribution >= 4 is 15.9 Å². The Morgan fingerprint density at radius 1 is 1.47 bits per heavy atom. The summed E-state index contributed by atoms with van der Waals surface area (Å²) in [6, 6.07) is 0. The molecule has 1 atom stereocenters. The molecule has 2 aromatic heterocycles. The van der Waals surface area contributed by atoms with Crippen LogP contribution in [0.4, 0.5) is 0 Å². The molecular weight excluding hydrogens is 286 g/mol. The molecule has 0 fully saturated rings. The Hall–Kier alpha value is -1.24. The lowest BCUT2D eigenvalue weighted by Crippen LogP contribution is -2.02. The van der Waals surface area contributed by atoms with Crippen LogP contribution in [0.1, 0.15) is 42.5 Å². The molecule has 0 saturated carbocycles. The van der Waals surface area contributed by atoms with E-state index in [0.29, 0.717) is 18.3 Å². The van der Waals surface area contributed by atoms with Crippen LogP contribution in [0.25, 0.3) is 0 Å². The van der Waals surface area contributed by atoms with Gasteiger partial charge in [0.15, 0.2) is 5.82 Å². The third-order valence-corrected chi connectivity index (χ3v) is 3.47. The van der Waals surface area contributed by atoms with Gasteiger partial charge in [0.2, 0.25) is 5.89 Å². The first-order chi connectivity index (χ1) is 8.22. The Kier molecular flexibility index (Phi) is 3.88. The van der Waals surface area contributed by atoms with Crippen molar-refractivity contribution in [1.82, 2.24) is 25.1 Å². The summed E-state index contributed by atoms with van der Waals surface area (Å²) in [6.07, 6.45) is 3.61. The minimum absolute atomic E-state index is 0.243. The van der Waals surface area contributed by atoms with Crippen LogP contribution in [0.3, 0.4) is 0 Å². The maximum absolute atomic E-state index is 5.03. The van der Waals surface area contributed by atoms with Crippen molar-refractivity contribution in [3.63, 3.8) is 0 Å². The van der Waals surface area contributed by atoms with E-state index in [4.69, 9.17) is 4.52 Å². The van der Waals surface area contributed by atoms with E-state index in [0.717, 1.165) is 18.5 Å². The van der Waals surface area contributed by atoms with Crippen molar-refractivity contribution < 1.29 is 4.52 Å². The standard InChI is InChI=1S/C10H14BrN5O/c1-3-7(11)8-5-16(15-13-8)6-9-12-10(4-2)17-14-9/h5,7H,3-4,6H2,1-2H3. The van der Waals surface area contributed by atoms with Crippen molar-refractivity contribution in [1.29, 1.82) is 0 Å². The highest BCUT2D eigenvalue weighted by molar-refractivity contribution is 9.09. The second-order valence-electron chi connectivity index (χ2n) is 3.67. The fraction of sp³-hybridized carbons (Fsp3) is 0.600. The molecule has 17 heavy (non-hydrogen) atoms. The fourth-order valence-corrected chi connectivity index (χ4v) is 1.60. The predicted molar refractivity (Wildman–Crippen MR) is 64.8 cm³/mol. The third-order valence-electron chi connectivity index (χ3n) is 2.35. The van der Waals surface area contributed by atoms with Gasteiger partial charge in [-0.3, -0.25) is 0 Å². The number of rotatable bonds is 5. The van der Waals surface area contributed by atoms with Gasteiger partial charge in [-0.2, -0.15) is 4.98 Å². The van der Waals surface area contributed by atoms with Crippen LogP contribution >= 0.6 is 15.9 Å². The van der Waals surface area contributed by atoms with Crippen LogP contribution in [-0.4, -0.2) is 25.1 Å². The number of hydrogen-bond donors (Lipinski definition) is 0. The van der Waals surface area contributed by atoms with E-state index in [-0.39, 0.29) is 4.83 Å². The van der Waals surface area contributed by atoms with Gasteiger partial charge in [0.1, 0.15) is 6.54 Å². The maximum atomic E-state index is 5.03. The lowest BCUT2D eigenvalue weighted by atomic mass is 10.3. The van der Waals surface area contributed by atoms with Crippen LogP contribution in [0.15, 0.2) is 10.7 Å². The first-order valence-electron chi connectivity index (χ1n) is 5.58. The molecule has 0 N–H and O–H groups in total. The van der Waals surface area contributed by atoms with Crippen LogP contribution < -0.4 is 0 Å².